The van der Waals surface area contributed by atoms with Crippen molar-refractivity contribution < 1.29 is 28.2 Å². The molecule has 5 nitrogen and oxygen atoms in total. The maximum Gasteiger partial charge on any atom is 0.328 e. The number of rotatable bonds is 6. The summed E-state index contributed by atoms with van der Waals surface area (Å²) >= 11 is 3.04. The molecule has 0 aliphatic rings. The summed E-state index contributed by atoms with van der Waals surface area (Å²) in [4.78, 5) is 35.9. The number of esters is 2. The van der Waals surface area contributed by atoms with Crippen LogP contribution in [-0.4, -0.2) is 30.9 Å². The summed E-state index contributed by atoms with van der Waals surface area (Å²) < 4.78 is 23.1. The quantitative estimate of drug-likeness (QED) is 0.442. The van der Waals surface area contributed by atoms with E-state index in [9.17, 15) is 18.8 Å². The third kappa shape index (κ3) is 4.63. The monoisotopic (exact) mass is 360 g/mol. The minimum absolute atomic E-state index is 0.00879. The second-order valence-corrected chi connectivity index (χ2v) is 4.88. The molecule has 0 amide bonds. The third-order valence-corrected chi connectivity index (χ3v) is 2.91. The number of carbonyl (C=O) groups excluding carboxylic acids is 3. The second-order valence-electron chi connectivity index (χ2n) is 3.96. The first-order chi connectivity index (χ1) is 9.90. The molecule has 7 heteroatoms. The van der Waals surface area contributed by atoms with Gasteiger partial charge in [0.15, 0.2) is 5.78 Å². The van der Waals surface area contributed by atoms with Crippen LogP contribution in [0.25, 0.3) is 0 Å². The Labute approximate surface area is 129 Å². The van der Waals surface area contributed by atoms with Gasteiger partial charge < -0.3 is 9.47 Å². The molecule has 1 rings (SSSR count). The zero-order valence-corrected chi connectivity index (χ0v) is 13.1. The smallest absolute Gasteiger partial charge is 0.328 e. The van der Waals surface area contributed by atoms with Crippen LogP contribution < -0.4 is 0 Å². The molecule has 0 N–H and O–H groups in total. The van der Waals surface area contributed by atoms with Crippen LogP contribution in [0.15, 0.2) is 22.7 Å². The van der Waals surface area contributed by atoms with Crippen molar-refractivity contribution in [2.45, 2.75) is 13.8 Å². The highest BCUT2D eigenvalue weighted by atomic mass is 79.9. The lowest BCUT2D eigenvalue weighted by Gasteiger charge is -2.13. The number of halogens is 2. The van der Waals surface area contributed by atoms with Crippen LogP contribution in [0.5, 0.6) is 0 Å². The average Bonchev–Trinajstić information content (AvgIpc) is 2.38. The predicted molar refractivity (Wildman–Crippen MR) is 75.2 cm³/mol. The number of benzene rings is 1. The fourth-order valence-corrected chi connectivity index (χ4v) is 2.09. The third-order valence-electron chi connectivity index (χ3n) is 2.45. The van der Waals surface area contributed by atoms with Crippen LogP contribution in [-0.2, 0) is 19.1 Å². The number of ether oxygens (including phenoxy) is 2. The number of carbonyl (C=O) groups is 3. The minimum atomic E-state index is -1.75. The van der Waals surface area contributed by atoms with Crippen molar-refractivity contribution in [1.82, 2.24) is 0 Å². The highest BCUT2D eigenvalue weighted by Crippen LogP contribution is 2.19. The van der Waals surface area contributed by atoms with Gasteiger partial charge in [0.05, 0.1) is 13.2 Å². The molecule has 0 saturated heterocycles. The van der Waals surface area contributed by atoms with Gasteiger partial charge in [-0.3, -0.25) is 14.4 Å². The van der Waals surface area contributed by atoms with Crippen molar-refractivity contribution in [2.24, 2.45) is 5.92 Å². The minimum Gasteiger partial charge on any atom is -0.465 e. The summed E-state index contributed by atoms with van der Waals surface area (Å²) in [7, 11) is 0. The maximum atomic E-state index is 13.3. The van der Waals surface area contributed by atoms with Gasteiger partial charge in [0.1, 0.15) is 5.82 Å². The molecule has 0 fully saturated rings. The van der Waals surface area contributed by atoms with Crippen LogP contribution in [0.1, 0.15) is 24.2 Å². The lowest BCUT2D eigenvalue weighted by atomic mass is 9.97. The zero-order chi connectivity index (χ0) is 16.0. The molecule has 0 bridgehead atoms. The first kappa shape index (κ1) is 17.3. The fraction of sp³-hybridized carbons (Fsp3) is 0.357. The molecule has 0 unspecified atom stereocenters. The van der Waals surface area contributed by atoms with Gasteiger partial charge in [-0.15, -0.1) is 0 Å². The Morgan fingerprint density at radius 2 is 1.62 bits per heavy atom. The zero-order valence-electron chi connectivity index (χ0n) is 11.5. The van der Waals surface area contributed by atoms with Crippen LogP contribution in [0.2, 0.25) is 0 Å². The first-order valence-corrected chi connectivity index (χ1v) is 7.03. The van der Waals surface area contributed by atoms with Crippen molar-refractivity contribution in [3.05, 3.63) is 34.1 Å². The Morgan fingerprint density at radius 3 is 2.05 bits per heavy atom. The van der Waals surface area contributed by atoms with Gasteiger partial charge in [-0.25, -0.2) is 4.39 Å². The standard InChI is InChI=1S/C14H14BrFO5/c1-3-20-13(18)11(14(19)21-4-2)12(17)8-5-9(15)7-10(16)6-8/h5-7,11H,3-4H2,1-2H3. The Hall–Kier alpha value is -1.76. The molecule has 0 aliphatic heterocycles. The SMILES string of the molecule is CCOC(=O)C(C(=O)OCC)C(=O)c1cc(F)cc(Br)c1. The molecule has 21 heavy (non-hydrogen) atoms. The van der Waals surface area contributed by atoms with Gasteiger partial charge in [0.25, 0.3) is 0 Å². The molecule has 1 aromatic rings. The topological polar surface area (TPSA) is 69.7 Å². The van der Waals surface area contributed by atoms with Gasteiger partial charge in [-0.05, 0) is 32.0 Å². The molecule has 0 heterocycles. The maximum absolute atomic E-state index is 13.3. The van der Waals surface area contributed by atoms with Crippen molar-refractivity contribution in [3.8, 4) is 0 Å². The number of ketones is 1. The highest BCUT2D eigenvalue weighted by Gasteiger charge is 2.37. The van der Waals surface area contributed by atoms with E-state index in [1.54, 1.807) is 13.8 Å². The second kappa shape index (κ2) is 7.87. The Balaban J connectivity index is 3.15. The van der Waals surface area contributed by atoms with Crippen LogP contribution in [0.3, 0.4) is 0 Å². The van der Waals surface area contributed by atoms with Gasteiger partial charge in [-0.1, -0.05) is 15.9 Å². The molecular formula is C14H14BrFO5. The van der Waals surface area contributed by atoms with E-state index in [2.05, 4.69) is 15.9 Å². The van der Waals surface area contributed by atoms with E-state index in [1.165, 1.54) is 6.07 Å². The van der Waals surface area contributed by atoms with Crippen LogP contribution in [0.4, 0.5) is 4.39 Å². The summed E-state index contributed by atoms with van der Waals surface area (Å²) in [5, 5.41) is 0. The lowest BCUT2D eigenvalue weighted by Crippen LogP contribution is -2.35. The van der Waals surface area contributed by atoms with E-state index in [-0.39, 0.29) is 18.8 Å². The summed E-state index contributed by atoms with van der Waals surface area (Å²) in [6.45, 7) is 3.11. The van der Waals surface area contributed by atoms with E-state index >= 15 is 0 Å². The van der Waals surface area contributed by atoms with Crippen molar-refractivity contribution >= 4 is 33.7 Å². The lowest BCUT2D eigenvalue weighted by molar-refractivity contribution is -0.158. The number of hydrogen-bond donors (Lipinski definition) is 0. The van der Waals surface area contributed by atoms with Gasteiger partial charge in [-0.2, -0.15) is 0 Å². The van der Waals surface area contributed by atoms with Crippen LogP contribution in [0, 0.1) is 11.7 Å². The summed E-state index contributed by atoms with van der Waals surface area (Å²) in [6.07, 6.45) is 0. The molecule has 0 spiro atoms. The summed E-state index contributed by atoms with van der Waals surface area (Å²) in [6, 6.07) is 3.41. The van der Waals surface area contributed by atoms with Crippen LogP contribution >= 0.6 is 15.9 Å². The predicted octanol–water partition coefficient (Wildman–Crippen LogP) is 2.51. The molecule has 0 saturated carbocycles. The van der Waals surface area contributed by atoms with E-state index < -0.39 is 29.5 Å². The fourth-order valence-electron chi connectivity index (χ4n) is 1.62. The van der Waals surface area contributed by atoms with Crippen molar-refractivity contribution in [3.63, 3.8) is 0 Å². The number of Topliss-reactive ketones (excluding diaryl/α,β-unsaturated/α-hetero) is 1. The Morgan fingerprint density at radius 1 is 1.10 bits per heavy atom. The highest BCUT2D eigenvalue weighted by molar-refractivity contribution is 9.10. The van der Waals surface area contributed by atoms with E-state index in [1.807, 2.05) is 0 Å². The van der Waals surface area contributed by atoms with E-state index in [0.717, 1.165) is 12.1 Å². The van der Waals surface area contributed by atoms with E-state index in [0.29, 0.717) is 4.47 Å². The Bertz CT molecular complexity index is 520. The molecule has 1 aromatic carbocycles. The molecule has 0 aliphatic carbocycles. The van der Waals surface area contributed by atoms with Crippen molar-refractivity contribution in [1.29, 1.82) is 0 Å². The number of hydrogen-bond acceptors (Lipinski definition) is 5. The average molecular weight is 361 g/mol. The van der Waals surface area contributed by atoms with Gasteiger partial charge in [0, 0.05) is 10.0 Å². The normalized spacial score (nSPS) is 10.3. The molecular weight excluding hydrogens is 347 g/mol. The van der Waals surface area contributed by atoms with E-state index in [4.69, 9.17) is 9.47 Å². The largest absolute Gasteiger partial charge is 0.465 e. The van der Waals surface area contributed by atoms with Gasteiger partial charge >= 0.3 is 11.9 Å². The molecule has 0 radical (unpaired) electrons. The molecule has 0 aromatic heterocycles. The summed E-state index contributed by atoms with van der Waals surface area (Å²) in [5.74, 6) is -5.31. The Kier molecular flexibility index (Phi) is 6.48. The first-order valence-electron chi connectivity index (χ1n) is 6.24. The van der Waals surface area contributed by atoms with Crippen molar-refractivity contribution in [2.75, 3.05) is 13.2 Å². The molecule has 114 valence electrons. The summed E-state index contributed by atoms with van der Waals surface area (Å²) in [5.41, 5.74) is -0.118. The van der Waals surface area contributed by atoms with Gasteiger partial charge in [0.2, 0.25) is 5.92 Å². The molecule has 0 atom stereocenters.